The second kappa shape index (κ2) is 10.6. The van der Waals surface area contributed by atoms with Gasteiger partial charge >= 0.3 is 5.69 Å². The standard InChI is InChI=1S/C20H31N5O3S/c1-6-8-9-10-11-14-21-17-16(18(22-14)29-13-15(26)23(3)4)19(27)24(5)20(28)25(17)12-7-2/h6-13H2,1-5H3. The van der Waals surface area contributed by atoms with Crippen LogP contribution in [0.1, 0.15) is 51.8 Å². The molecule has 0 aliphatic heterocycles. The number of hydrogen-bond acceptors (Lipinski definition) is 6. The van der Waals surface area contributed by atoms with E-state index >= 15 is 0 Å². The smallest absolute Gasteiger partial charge is 0.332 e. The average molecular weight is 422 g/mol. The van der Waals surface area contributed by atoms with Gasteiger partial charge in [0.1, 0.15) is 16.2 Å². The molecule has 0 unspecified atom stereocenters. The van der Waals surface area contributed by atoms with Gasteiger partial charge in [0, 0.05) is 34.1 Å². The van der Waals surface area contributed by atoms with Crippen LogP contribution in [0.15, 0.2) is 14.6 Å². The Morgan fingerprint density at radius 1 is 1.07 bits per heavy atom. The van der Waals surface area contributed by atoms with Crippen LogP contribution in [0.25, 0.3) is 11.0 Å². The summed E-state index contributed by atoms with van der Waals surface area (Å²) < 4.78 is 2.64. The van der Waals surface area contributed by atoms with Crippen molar-refractivity contribution in [2.75, 3.05) is 19.8 Å². The lowest BCUT2D eigenvalue weighted by Gasteiger charge is -2.14. The van der Waals surface area contributed by atoms with E-state index in [9.17, 15) is 14.4 Å². The van der Waals surface area contributed by atoms with Gasteiger partial charge in [-0.05, 0) is 12.8 Å². The average Bonchev–Trinajstić information content (AvgIpc) is 2.70. The second-order valence-corrected chi connectivity index (χ2v) is 8.29. The first-order valence-corrected chi connectivity index (χ1v) is 11.1. The molecule has 0 atom stereocenters. The van der Waals surface area contributed by atoms with Gasteiger partial charge in [0.05, 0.1) is 5.75 Å². The summed E-state index contributed by atoms with van der Waals surface area (Å²) in [5.74, 6) is 0.723. The van der Waals surface area contributed by atoms with E-state index in [-0.39, 0.29) is 17.3 Å². The van der Waals surface area contributed by atoms with Gasteiger partial charge < -0.3 is 4.90 Å². The van der Waals surface area contributed by atoms with E-state index in [1.807, 2.05) is 6.92 Å². The number of nitrogens with zero attached hydrogens (tertiary/aromatic N) is 5. The minimum Gasteiger partial charge on any atom is -0.348 e. The van der Waals surface area contributed by atoms with Crippen molar-refractivity contribution in [3.05, 3.63) is 26.7 Å². The van der Waals surface area contributed by atoms with E-state index in [1.54, 1.807) is 18.7 Å². The zero-order valence-electron chi connectivity index (χ0n) is 18.0. The fraction of sp³-hybridized carbons (Fsp3) is 0.650. The van der Waals surface area contributed by atoms with Gasteiger partial charge in [-0.3, -0.25) is 18.7 Å². The summed E-state index contributed by atoms with van der Waals surface area (Å²) >= 11 is 1.23. The number of unbranched alkanes of at least 4 members (excludes halogenated alkanes) is 3. The van der Waals surface area contributed by atoms with Crippen molar-refractivity contribution in [1.29, 1.82) is 0 Å². The van der Waals surface area contributed by atoms with Crippen LogP contribution in [0.3, 0.4) is 0 Å². The lowest BCUT2D eigenvalue weighted by Crippen LogP contribution is -2.39. The molecule has 2 aromatic heterocycles. The summed E-state index contributed by atoms with van der Waals surface area (Å²) in [5, 5.41) is 0.788. The highest BCUT2D eigenvalue weighted by atomic mass is 32.2. The van der Waals surface area contributed by atoms with E-state index < -0.39 is 5.56 Å². The Morgan fingerprint density at radius 3 is 2.41 bits per heavy atom. The third-order valence-electron chi connectivity index (χ3n) is 4.73. The molecule has 0 saturated heterocycles. The molecule has 1 amide bonds. The van der Waals surface area contributed by atoms with Gasteiger partial charge in [-0.15, -0.1) is 0 Å². The van der Waals surface area contributed by atoms with Gasteiger partial charge in [0.2, 0.25) is 5.91 Å². The van der Waals surface area contributed by atoms with Crippen LogP contribution in [0.5, 0.6) is 0 Å². The van der Waals surface area contributed by atoms with E-state index in [0.29, 0.717) is 34.8 Å². The maximum atomic E-state index is 12.9. The van der Waals surface area contributed by atoms with Gasteiger partial charge in [0.25, 0.3) is 5.56 Å². The Hall–Kier alpha value is -2.16. The van der Waals surface area contributed by atoms with E-state index in [2.05, 4.69) is 16.9 Å². The maximum absolute atomic E-state index is 12.9. The zero-order valence-corrected chi connectivity index (χ0v) is 18.8. The summed E-state index contributed by atoms with van der Waals surface area (Å²) in [4.78, 5) is 48.4. The highest BCUT2D eigenvalue weighted by Crippen LogP contribution is 2.23. The fourth-order valence-electron chi connectivity index (χ4n) is 2.99. The maximum Gasteiger partial charge on any atom is 0.332 e. The Kier molecular flexibility index (Phi) is 8.43. The van der Waals surface area contributed by atoms with Crippen molar-refractivity contribution < 1.29 is 4.79 Å². The quantitative estimate of drug-likeness (QED) is 0.332. The van der Waals surface area contributed by atoms with Gasteiger partial charge in [-0.25, -0.2) is 14.8 Å². The molecule has 0 aliphatic carbocycles. The van der Waals surface area contributed by atoms with Gasteiger partial charge in [-0.1, -0.05) is 44.9 Å². The fourth-order valence-corrected chi connectivity index (χ4v) is 4.00. The number of thioether (sulfide) groups is 1. The lowest BCUT2D eigenvalue weighted by atomic mass is 10.1. The van der Waals surface area contributed by atoms with E-state index in [0.717, 1.165) is 36.7 Å². The number of amides is 1. The van der Waals surface area contributed by atoms with Crippen molar-refractivity contribution in [3.63, 3.8) is 0 Å². The van der Waals surface area contributed by atoms with Crippen molar-refractivity contribution in [1.82, 2.24) is 24.0 Å². The molecular weight excluding hydrogens is 390 g/mol. The monoisotopic (exact) mass is 421 g/mol. The third kappa shape index (κ3) is 5.46. The summed E-state index contributed by atoms with van der Waals surface area (Å²) in [6, 6.07) is 0. The van der Waals surface area contributed by atoms with Crippen molar-refractivity contribution in [2.45, 2.75) is 63.9 Å². The topological polar surface area (TPSA) is 90.1 Å². The molecule has 0 N–H and O–H groups in total. The molecule has 0 radical (unpaired) electrons. The molecule has 29 heavy (non-hydrogen) atoms. The summed E-state index contributed by atoms with van der Waals surface area (Å²) in [6.07, 6.45) is 5.73. The number of carbonyl (C=O) groups is 1. The minimum absolute atomic E-state index is 0.0649. The van der Waals surface area contributed by atoms with Crippen LogP contribution in [0.2, 0.25) is 0 Å². The SMILES string of the molecule is CCCCCCc1nc(SCC(=O)N(C)C)c2c(=O)n(C)c(=O)n(CCC)c2n1. The van der Waals surface area contributed by atoms with Crippen molar-refractivity contribution >= 4 is 28.7 Å². The van der Waals surface area contributed by atoms with E-state index in [1.165, 1.54) is 23.7 Å². The number of carbonyl (C=O) groups excluding carboxylic acids is 1. The van der Waals surface area contributed by atoms with Crippen LogP contribution >= 0.6 is 11.8 Å². The summed E-state index contributed by atoms with van der Waals surface area (Å²) in [5.41, 5.74) is -0.421. The molecule has 2 rings (SSSR count). The molecule has 0 spiro atoms. The molecule has 0 aliphatic rings. The summed E-state index contributed by atoms with van der Waals surface area (Å²) in [7, 11) is 4.85. The van der Waals surface area contributed by atoms with Crippen LogP contribution in [-0.4, -0.2) is 49.8 Å². The molecule has 2 heterocycles. The first-order chi connectivity index (χ1) is 13.8. The highest BCUT2D eigenvalue weighted by molar-refractivity contribution is 8.00. The second-order valence-electron chi connectivity index (χ2n) is 7.33. The number of hydrogen-bond donors (Lipinski definition) is 0. The number of fused-ring (bicyclic) bond motifs is 1. The minimum atomic E-state index is -0.422. The molecule has 0 bridgehead atoms. The number of aromatic nitrogens is 4. The molecule has 0 fully saturated rings. The summed E-state index contributed by atoms with van der Waals surface area (Å²) in [6.45, 7) is 4.60. The normalized spacial score (nSPS) is 11.2. The zero-order chi connectivity index (χ0) is 21.6. The predicted molar refractivity (Wildman–Crippen MR) is 117 cm³/mol. The van der Waals surface area contributed by atoms with E-state index in [4.69, 9.17) is 0 Å². The first-order valence-electron chi connectivity index (χ1n) is 10.1. The molecule has 8 nitrogen and oxygen atoms in total. The number of rotatable bonds is 10. The first kappa shape index (κ1) is 23.1. The Labute approximate surface area is 175 Å². The van der Waals surface area contributed by atoms with Crippen LogP contribution in [0, 0.1) is 0 Å². The Balaban J connectivity index is 2.61. The largest absolute Gasteiger partial charge is 0.348 e. The Bertz CT molecular complexity index is 981. The Morgan fingerprint density at radius 2 is 1.79 bits per heavy atom. The molecule has 2 aromatic rings. The molecule has 0 aromatic carbocycles. The van der Waals surface area contributed by atoms with Gasteiger partial charge in [-0.2, -0.15) is 0 Å². The molecule has 160 valence electrons. The van der Waals surface area contributed by atoms with Crippen molar-refractivity contribution in [3.8, 4) is 0 Å². The lowest BCUT2D eigenvalue weighted by molar-refractivity contribution is -0.125. The molecular formula is C20H31N5O3S. The predicted octanol–water partition coefficient (Wildman–Crippen LogP) is 2.20. The molecule has 9 heteroatoms. The highest BCUT2D eigenvalue weighted by Gasteiger charge is 2.19. The number of aryl methyl sites for hydroxylation is 2. The third-order valence-corrected chi connectivity index (χ3v) is 5.69. The van der Waals surface area contributed by atoms with Crippen molar-refractivity contribution in [2.24, 2.45) is 7.05 Å². The van der Waals surface area contributed by atoms with Crippen LogP contribution in [0.4, 0.5) is 0 Å². The van der Waals surface area contributed by atoms with Crippen LogP contribution in [-0.2, 0) is 24.8 Å². The van der Waals surface area contributed by atoms with Gasteiger partial charge in [0.15, 0.2) is 5.65 Å². The van der Waals surface area contributed by atoms with Crippen LogP contribution < -0.4 is 11.2 Å². The molecule has 0 saturated carbocycles.